The van der Waals surface area contributed by atoms with Crippen LogP contribution in [0.5, 0.6) is 5.75 Å². The van der Waals surface area contributed by atoms with E-state index in [4.69, 9.17) is 14.7 Å². The van der Waals surface area contributed by atoms with Crippen LogP contribution >= 0.6 is 0 Å². The minimum Gasteiger partial charge on any atom is -0.494 e. The van der Waals surface area contributed by atoms with Crippen LogP contribution in [0, 0.1) is 11.3 Å². The summed E-state index contributed by atoms with van der Waals surface area (Å²) in [7, 11) is -3.84. The topological polar surface area (TPSA) is 105 Å². The van der Waals surface area contributed by atoms with Crippen molar-refractivity contribution in [2.24, 2.45) is 0 Å². The van der Waals surface area contributed by atoms with Crippen LogP contribution in [0.4, 0.5) is 0 Å². The highest BCUT2D eigenvalue weighted by atomic mass is 32.2. The van der Waals surface area contributed by atoms with Gasteiger partial charge in [-0.2, -0.15) is 9.98 Å². The van der Waals surface area contributed by atoms with Gasteiger partial charge in [-0.3, -0.25) is 4.79 Å². The molecule has 0 saturated carbocycles. The molecule has 0 bridgehead atoms. The summed E-state index contributed by atoms with van der Waals surface area (Å²) in [5.41, 5.74) is 0.952. The van der Waals surface area contributed by atoms with Gasteiger partial charge in [-0.1, -0.05) is 18.2 Å². The molecule has 2 aromatic carbocycles. The van der Waals surface area contributed by atoms with E-state index in [-0.39, 0.29) is 11.5 Å². The van der Waals surface area contributed by atoms with E-state index in [1.807, 2.05) is 13.0 Å². The second kappa shape index (κ2) is 8.99. The molecule has 0 aliphatic heterocycles. The number of nitrogens with zero attached hydrogens (tertiary/aromatic N) is 1. The largest absolute Gasteiger partial charge is 0.494 e. The molecule has 2 rings (SSSR count). The maximum Gasteiger partial charge on any atom is 0.321 e. The summed E-state index contributed by atoms with van der Waals surface area (Å²) >= 11 is 0. The maximum atomic E-state index is 12.2. The number of sulfonamides is 1. The van der Waals surface area contributed by atoms with Gasteiger partial charge in [0.1, 0.15) is 18.9 Å². The highest BCUT2D eigenvalue weighted by molar-refractivity contribution is 7.89. The lowest BCUT2D eigenvalue weighted by molar-refractivity contribution is -0.143. The second-order valence-electron chi connectivity index (χ2n) is 5.16. The van der Waals surface area contributed by atoms with E-state index < -0.39 is 22.5 Å². The monoisotopic (exact) mass is 374 g/mol. The Morgan fingerprint density at radius 2 is 1.85 bits per heavy atom. The van der Waals surface area contributed by atoms with Crippen LogP contribution in [0.2, 0.25) is 0 Å². The summed E-state index contributed by atoms with van der Waals surface area (Å²) in [6.07, 6.45) is 0. The molecular weight excluding hydrogens is 356 g/mol. The predicted octanol–water partition coefficient (Wildman–Crippen LogP) is 1.98. The van der Waals surface area contributed by atoms with Crippen LogP contribution in [0.3, 0.4) is 0 Å². The minimum atomic E-state index is -3.84. The maximum absolute atomic E-state index is 12.2. The van der Waals surface area contributed by atoms with Gasteiger partial charge in [0, 0.05) is 5.56 Å². The van der Waals surface area contributed by atoms with E-state index in [0.29, 0.717) is 23.5 Å². The third kappa shape index (κ3) is 5.31. The normalized spacial score (nSPS) is 10.8. The first-order valence-corrected chi connectivity index (χ1v) is 9.30. The van der Waals surface area contributed by atoms with Crippen LogP contribution in [-0.2, 0) is 26.2 Å². The van der Waals surface area contributed by atoms with Gasteiger partial charge in [0.25, 0.3) is 0 Å². The Morgan fingerprint density at radius 1 is 1.15 bits per heavy atom. The Morgan fingerprint density at radius 3 is 2.50 bits per heavy atom. The Hall–Kier alpha value is -2.89. The third-order valence-corrected chi connectivity index (χ3v) is 4.80. The van der Waals surface area contributed by atoms with Crippen LogP contribution < -0.4 is 9.46 Å². The smallest absolute Gasteiger partial charge is 0.321 e. The van der Waals surface area contributed by atoms with Crippen molar-refractivity contribution >= 4 is 16.0 Å². The van der Waals surface area contributed by atoms with Crippen LogP contribution in [0.1, 0.15) is 18.1 Å². The van der Waals surface area contributed by atoms with Gasteiger partial charge in [-0.05, 0) is 37.3 Å². The van der Waals surface area contributed by atoms with Gasteiger partial charge in [-0.25, -0.2) is 8.42 Å². The average Bonchev–Trinajstić information content (AvgIpc) is 2.65. The van der Waals surface area contributed by atoms with E-state index >= 15 is 0 Å². The molecular formula is C18H18N2O5S. The molecule has 0 spiro atoms. The zero-order valence-electron chi connectivity index (χ0n) is 14.1. The Kier molecular flexibility index (Phi) is 6.72. The van der Waals surface area contributed by atoms with Gasteiger partial charge in [0.2, 0.25) is 10.0 Å². The molecule has 136 valence electrons. The zero-order valence-corrected chi connectivity index (χ0v) is 15.0. The Balaban J connectivity index is 1.90. The minimum absolute atomic E-state index is 0.0172. The summed E-state index contributed by atoms with van der Waals surface area (Å²) < 4.78 is 36.8. The highest BCUT2D eigenvalue weighted by Gasteiger charge is 2.16. The van der Waals surface area contributed by atoms with E-state index in [9.17, 15) is 13.2 Å². The number of hydrogen-bond acceptors (Lipinski definition) is 6. The molecule has 1 N–H and O–H groups in total. The lowest BCUT2D eigenvalue weighted by atomic mass is 10.1. The quantitative estimate of drug-likeness (QED) is 0.708. The first kappa shape index (κ1) is 19.4. The molecule has 0 saturated heterocycles. The molecule has 0 atom stereocenters. The molecule has 0 amide bonds. The summed E-state index contributed by atoms with van der Waals surface area (Å²) in [5.74, 6) is -0.186. The molecule has 0 aliphatic carbocycles. The van der Waals surface area contributed by atoms with Crippen molar-refractivity contribution in [3.05, 3.63) is 59.7 Å². The van der Waals surface area contributed by atoms with Gasteiger partial charge >= 0.3 is 5.97 Å². The first-order chi connectivity index (χ1) is 12.5. The number of ether oxygens (including phenoxy) is 2. The van der Waals surface area contributed by atoms with Crippen LogP contribution in [0.25, 0.3) is 0 Å². The predicted molar refractivity (Wildman–Crippen MR) is 93.8 cm³/mol. The lowest BCUT2D eigenvalue weighted by Gasteiger charge is -2.09. The molecule has 0 heterocycles. The highest BCUT2D eigenvalue weighted by Crippen LogP contribution is 2.15. The van der Waals surface area contributed by atoms with Crippen molar-refractivity contribution in [3.8, 4) is 11.8 Å². The van der Waals surface area contributed by atoms with E-state index in [2.05, 4.69) is 4.72 Å². The van der Waals surface area contributed by atoms with Gasteiger partial charge in [0.15, 0.2) is 0 Å². The lowest BCUT2D eigenvalue weighted by Crippen LogP contribution is -2.30. The fourth-order valence-corrected chi connectivity index (χ4v) is 3.05. The van der Waals surface area contributed by atoms with Crippen molar-refractivity contribution in [3.63, 3.8) is 0 Å². The molecule has 0 radical (unpaired) electrons. The molecule has 8 heteroatoms. The number of carbonyl (C=O) groups is 1. The number of hydrogen-bond donors (Lipinski definition) is 1. The van der Waals surface area contributed by atoms with Crippen molar-refractivity contribution in [2.75, 3.05) is 13.2 Å². The van der Waals surface area contributed by atoms with Gasteiger partial charge in [0.05, 0.1) is 23.1 Å². The van der Waals surface area contributed by atoms with E-state index in [0.717, 1.165) is 0 Å². The molecule has 7 nitrogen and oxygen atoms in total. The van der Waals surface area contributed by atoms with Crippen molar-refractivity contribution < 1.29 is 22.7 Å². The van der Waals surface area contributed by atoms with Crippen molar-refractivity contribution in [1.82, 2.24) is 4.72 Å². The van der Waals surface area contributed by atoms with Gasteiger partial charge in [-0.15, -0.1) is 0 Å². The Labute approximate surface area is 152 Å². The summed E-state index contributed by atoms with van der Waals surface area (Å²) in [5, 5.41) is 8.98. The SMILES string of the molecule is CCOc1ccc(S(=O)(=O)NCC(=O)OCc2ccccc2C#N)cc1. The molecule has 2 aromatic rings. The average molecular weight is 374 g/mol. The Bertz CT molecular complexity index is 902. The standard InChI is InChI=1S/C18H18N2O5S/c1-2-24-16-7-9-17(10-8-16)26(22,23)20-12-18(21)25-13-15-6-4-3-5-14(15)11-19/h3-10,20H,2,12-13H2,1H3. The van der Waals surface area contributed by atoms with Gasteiger partial charge < -0.3 is 9.47 Å². The summed E-state index contributed by atoms with van der Waals surface area (Å²) in [6, 6.07) is 14.5. The molecule has 0 aromatic heterocycles. The van der Waals surface area contributed by atoms with Crippen molar-refractivity contribution in [2.45, 2.75) is 18.4 Å². The molecule has 26 heavy (non-hydrogen) atoms. The number of nitrogens with one attached hydrogen (secondary N) is 1. The number of carbonyl (C=O) groups excluding carboxylic acids is 1. The molecule has 0 aliphatic rings. The fourth-order valence-electron chi connectivity index (χ4n) is 2.08. The van der Waals surface area contributed by atoms with Crippen LogP contribution in [-0.4, -0.2) is 27.5 Å². The van der Waals surface area contributed by atoms with E-state index in [1.165, 1.54) is 24.3 Å². The number of esters is 1. The molecule has 0 fully saturated rings. The number of rotatable bonds is 8. The number of benzene rings is 2. The summed E-state index contributed by atoms with van der Waals surface area (Å²) in [4.78, 5) is 11.8. The van der Waals surface area contributed by atoms with Crippen molar-refractivity contribution in [1.29, 1.82) is 5.26 Å². The fraction of sp³-hybridized carbons (Fsp3) is 0.222. The summed E-state index contributed by atoms with van der Waals surface area (Å²) in [6.45, 7) is 1.69. The second-order valence-corrected chi connectivity index (χ2v) is 6.93. The molecule has 0 unspecified atom stereocenters. The van der Waals surface area contributed by atoms with Crippen LogP contribution in [0.15, 0.2) is 53.4 Å². The van der Waals surface area contributed by atoms with E-state index in [1.54, 1.807) is 24.3 Å². The first-order valence-electron chi connectivity index (χ1n) is 7.82. The number of nitriles is 1. The zero-order chi connectivity index (χ0) is 19.0. The third-order valence-electron chi connectivity index (χ3n) is 3.38.